The summed E-state index contributed by atoms with van der Waals surface area (Å²) in [6.07, 6.45) is 0.663. The third kappa shape index (κ3) is 2.01. The second kappa shape index (κ2) is 6.39. The number of aliphatic carboxylic acids is 1. The molecular formula is C27H21NO4. The highest BCUT2D eigenvalue weighted by Crippen LogP contribution is 2.64. The summed E-state index contributed by atoms with van der Waals surface area (Å²) in [7, 11) is 0. The van der Waals surface area contributed by atoms with E-state index in [0.717, 1.165) is 16.7 Å². The summed E-state index contributed by atoms with van der Waals surface area (Å²) in [5.74, 6) is -3.88. The summed E-state index contributed by atoms with van der Waals surface area (Å²) in [4.78, 5) is 42.3. The van der Waals surface area contributed by atoms with E-state index in [2.05, 4.69) is 0 Å². The van der Waals surface area contributed by atoms with Crippen LogP contribution in [0.4, 0.5) is 5.69 Å². The minimum Gasteiger partial charge on any atom is -0.480 e. The van der Waals surface area contributed by atoms with E-state index in [1.807, 2.05) is 73.7 Å². The summed E-state index contributed by atoms with van der Waals surface area (Å²) in [5, 5.41) is 10.7. The number of aryl methyl sites for hydroxylation is 1. The average molecular weight is 423 g/mol. The molecule has 3 aliphatic carbocycles. The third-order valence-electron chi connectivity index (χ3n) is 7.57. The molecule has 3 aromatic carbocycles. The standard InChI is InChI=1S/C27H21NO4/c1-2-15-9-3-8-14-20(15)28-24(29)22-21-16-10-4-6-12-18(16)27(26(31)32,23(22)25(28)30)19-13-7-5-11-17(19)21/h3-14,21-23H,2H2,1H3,(H,31,32)/t21?,22-,23-,27?/m1/s1. The van der Waals surface area contributed by atoms with Crippen molar-refractivity contribution in [2.75, 3.05) is 4.90 Å². The Labute approximate surface area is 185 Å². The molecule has 0 aromatic heterocycles. The van der Waals surface area contributed by atoms with E-state index < -0.39 is 29.1 Å². The normalized spacial score (nSPS) is 27.2. The number of nitrogens with zero attached hydrogens (tertiary/aromatic N) is 1. The monoisotopic (exact) mass is 423 g/mol. The Morgan fingerprint density at radius 3 is 2.03 bits per heavy atom. The number of carboxylic acid groups (broad SMARTS) is 1. The fraction of sp³-hybridized carbons (Fsp3) is 0.222. The van der Waals surface area contributed by atoms with Gasteiger partial charge in [-0.1, -0.05) is 73.7 Å². The van der Waals surface area contributed by atoms with Crippen LogP contribution in [0.25, 0.3) is 0 Å². The maximum Gasteiger partial charge on any atom is 0.319 e. The molecule has 7 rings (SSSR count). The summed E-state index contributed by atoms with van der Waals surface area (Å²) >= 11 is 0. The van der Waals surface area contributed by atoms with Gasteiger partial charge in [-0.05, 0) is 40.3 Å². The van der Waals surface area contributed by atoms with Gasteiger partial charge in [0.05, 0.1) is 17.5 Å². The van der Waals surface area contributed by atoms with Crippen molar-refractivity contribution in [1.82, 2.24) is 0 Å². The van der Waals surface area contributed by atoms with E-state index >= 15 is 0 Å². The highest BCUT2D eigenvalue weighted by atomic mass is 16.4. The smallest absolute Gasteiger partial charge is 0.319 e. The fourth-order valence-electron chi connectivity index (χ4n) is 6.40. The molecule has 2 amide bonds. The van der Waals surface area contributed by atoms with Gasteiger partial charge in [-0.15, -0.1) is 0 Å². The number of hydrogen-bond acceptors (Lipinski definition) is 3. The van der Waals surface area contributed by atoms with Crippen molar-refractivity contribution in [1.29, 1.82) is 0 Å². The molecule has 3 aromatic rings. The van der Waals surface area contributed by atoms with Gasteiger partial charge >= 0.3 is 5.97 Å². The molecule has 0 spiro atoms. The quantitative estimate of drug-likeness (QED) is 0.649. The van der Waals surface area contributed by atoms with Gasteiger partial charge in [0.15, 0.2) is 0 Å². The highest BCUT2D eigenvalue weighted by molar-refractivity contribution is 6.25. The molecule has 0 saturated carbocycles. The van der Waals surface area contributed by atoms with Crippen LogP contribution >= 0.6 is 0 Å². The van der Waals surface area contributed by atoms with Gasteiger partial charge in [0.25, 0.3) is 0 Å². The first-order chi connectivity index (χ1) is 15.5. The van der Waals surface area contributed by atoms with Crippen LogP contribution in [-0.2, 0) is 26.2 Å². The van der Waals surface area contributed by atoms with E-state index in [9.17, 15) is 19.5 Å². The number of carbonyl (C=O) groups is 3. The molecule has 1 saturated heterocycles. The Bertz CT molecular complexity index is 1280. The maximum atomic E-state index is 14.0. The minimum atomic E-state index is -1.59. The zero-order valence-electron chi connectivity index (χ0n) is 17.5. The molecule has 2 atom stereocenters. The summed E-state index contributed by atoms with van der Waals surface area (Å²) in [6, 6.07) is 22.2. The van der Waals surface area contributed by atoms with Crippen LogP contribution in [0.5, 0.6) is 0 Å². The van der Waals surface area contributed by atoms with Crippen LogP contribution in [0.3, 0.4) is 0 Å². The molecule has 5 nitrogen and oxygen atoms in total. The molecule has 4 aliphatic rings. The Balaban J connectivity index is 1.67. The first-order valence-corrected chi connectivity index (χ1v) is 10.9. The van der Waals surface area contributed by atoms with Crippen LogP contribution in [-0.4, -0.2) is 22.9 Å². The van der Waals surface area contributed by atoms with Crippen LogP contribution in [0.1, 0.15) is 40.7 Å². The van der Waals surface area contributed by atoms with Crippen molar-refractivity contribution in [2.24, 2.45) is 11.8 Å². The number of carbonyl (C=O) groups excluding carboxylic acids is 2. The SMILES string of the molecule is CCc1ccccc1N1C(=O)[C@@H]2C3c4ccccc4C(C(=O)O)(c4ccccc43)[C@H]2C1=O. The second-order valence-corrected chi connectivity index (χ2v) is 8.76. The fourth-order valence-corrected chi connectivity index (χ4v) is 6.40. The van der Waals surface area contributed by atoms with Crippen LogP contribution in [0.2, 0.25) is 0 Å². The number of imide groups is 1. The van der Waals surface area contributed by atoms with Gasteiger partial charge < -0.3 is 5.11 Å². The van der Waals surface area contributed by atoms with E-state index in [1.165, 1.54) is 4.90 Å². The first-order valence-electron chi connectivity index (χ1n) is 10.9. The third-order valence-corrected chi connectivity index (χ3v) is 7.57. The molecule has 5 heteroatoms. The number of hydrogen-bond donors (Lipinski definition) is 1. The van der Waals surface area contributed by atoms with Crippen molar-refractivity contribution in [3.8, 4) is 0 Å². The number of para-hydroxylation sites is 1. The van der Waals surface area contributed by atoms with Crippen LogP contribution < -0.4 is 4.90 Å². The summed E-state index contributed by atoms with van der Waals surface area (Å²) < 4.78 is 0. The predicted octanol–water partition coefficient (Wildman–Crippen LogP) is 3.88. The van der Waals surface area contributed by atoms with Crippen molar-refractivity contribution < 1.29 is 19.5 Å². The molecule has 2 bridgehead atoms. The molecule has 1 heterocycles. The van der Waals surface area contributed by atoms with Gasteiger partial charge in [0.2, 0.25) is 11.8 Å². The van der Waals surface area contributed by atoms with Gasteiger partial charge in [0.1, 0.15) is 5.41 Å². The van der Waals surface area contributed by atoms with Crippen molar-refractivity contribution in [3.63, 3.8) is 0 Å². The topological polar surface area (TPSA) is 74.7 Å². The zero-order valence-corrected chi connectivity index (χ0v) is 17.5. The Hall–Kier alpha value is -3.73. The molecule has 0 radical (unpaired) electrons. The molecule has 1 N–H and O–H groups in total. The van der Waals surface area contributed by atoms with Crippen molar-refractivity contribution >= 4 is 23.5 Å². The number of amides is 2. The lowest BCUT2D eigenvalue weighted by atomic mass is 9.47. The van der Waals surface area contributed by atoms with Gasteiger partial charge in [-0.3, -0.25) is 14.4 Å². The number of carboxylic acids is 1. The summed E-state index contributed by atoms with van der Waals surface area (Å²) in [6.45, 7) is 1.98. The number of benzene rings is 3. The van der Waals surface area contributed by atoms with E-state index in [1.54, 1.807) is 6.07 Å². The second-order valence-electron chi connectivity index (χ2n) is 8.76. The molecule has 158 valence electrons. The average Bonchev–Trinajstić information content (AvgIpc) is 3.09. The van der Waals surface area contributed by atoms with E-state index in [0.29, 0.717) is 23.2 Å². The van der Waals surface area contributed by atoms with E-state index in [-0.39, 0.29) is 11.8 Å². The lowest BCUT2D eigenvalue weighted by Crippen LogP contribution is -2.57. The number of anilines is 1. The van der Waals surface area contributed by atoms with Crippen molar-refractivity contribution in [3.05, 3.63) is 101 Å². The highest BCUT2D eigenvalue weighted by Gasteiger charge is 2.71. The predicted molar refractivity (Wildman–Crippen MR) is 118 cm³/mol. The summed E-state index contributed by atoms with van der Waals surface area (Å²) in [5.41, 5.74) is 2.79. The largest absolute Gasteiger partial charge is 0.480 e. The molecule has 32 heavy (non-hydrogen) atoms. The Kier molecular flexibility index (Phi) is 3.79. The molecular weight excluding hydrogens is 402 g/mol. The lowest BCUT2D eigenvalue weighted by molar-refractivity contribution is -0.149. The molecule has 1 fully saturated rings. The van der Waals surface area contributed by atoms with Crippen LogP contribution in [0, 0.1) is 11.8 Å². The number of rotatable bonds is 3. The maximum absolute atomic E-state index is 14.0. The van der Waals surface area contributed by atoms with Gasteiger partial charge in [0, 0.05) is 5.92 Å². The van der Waals surface area contributed by atoms with Gasteiger partial charge in [-0.25, -0.2) is 4.90 Å². The first kappa shape index (κ1) is 19.0. The Morgan fingerprint density at radius 1 is 0.875 bits per heavy atom. The van der Waals surface area contributed by atoms with Crippen molar-refractivity contribution in [2.45, 2.75) is 24.7 Å². The minimum absolute atomic E-state index is 0.305. The van der Waals surface area contributed by atoms with Crippen LogP contribution in [0.15, 0.2) is 72.8 Å². The Morgan fingerprint density at radius 2 is 1.44 bits per heavy atom. The van der Waals surface area contributed by atoms with Gasteiger partial charge in [-0.2, -0.15) is 0 Å². The zero-order chi connectivity index (χ0) is 22.2. The molecule has 0 unspecified atom stereocenters. The van der Waals surface area contributed by atoms with E-state index in [4.69, 9.17) is 0 Å². The molecule has 1 aliphatic heterocycles. The lowest BCUT2D eigenvalue weighted by Gasteiger charge is -2.51.